The molecule has 6 nitrogen and oxygen atoms in total. The zero-order valence-electron chi connectivity index (χ0n) is 20.1. The van der Waals surface area contributed by atoms with Crippen LogP contribution < -0.4 is 0 Å². The Morgan fingerprint density at radius 3 is 2.38 bits per heavy atom. The number of nitrogens with zero attached hydrogens (tertiary/aromatic N) is 2. The van der Waals surface area contributed by atoms with Crippen molar-refractivity contribution in [1.29, 1.82) is 0 Å². The number of esters is 1. The number of halogens is 2. The quantitative estimate of drug-likeness (QED) is 0.412. The molecule has 0 unspecified atom stereocenters. The van der Waals surface area contributed by atoms with E-state index >= 15 is 4.39 Å². The Morgan fingerprint density at radius 1 is 1.28 bits per heavy atom. The molecular formula is C24H34ClFN2O4. The molecule has 1 aromatic rings. The minimum atomic E-state index is -1.07. The van der Waals surface area contributed by atoms with Crippen molar-refractivity contribution < 1.29 is 23.5 Å². The molecular weight excluding hydrogens is 435 g/mol. The summed E-state index contributed by atoms with van der Waals surface area (Å²) in [5.74, 6) is -1.00. The number of hydrogen-bond acceptors (Lipinski definition) is 5. The average molecular weight is 469 g/mol. The zero-order valence-corrected chi connectivity index (χ0v) is 20.8. The predicted molar refractivity (Wildman–Crippen MR) is 123 cm³/mol. The summed E-state index contributed by atoms with van der Waals surface area (Å²) in [5.41, 5.74) is -2.12. The number of ether oxygens (including phenoxy) is 2. The average Bonchev–Trinajstić information content (AvgIpc) is 2.61. The molecule has 2 atom stereocenters. The van der Waals surface area contributed by atoms with Crippen LogP contribution in [0.3, 0.4) is 0 Å². The number of carbonyl (C=O) groups excluding carboxylic acids is 2. The van der Waals surface area contributed by atoms with Gasteiger partial charge in [0.05, 0.1) is 11.1 Å². The summed E-state index contributed by atoms with van der Waals surface area (Å²) < 4.78 is 26.3. The molecule has 0 radical (unpaired) electrons. The third-order valence-corrected chi connectivity index (χ3v) is 5.45. The fourth-order valence-corrected chi connectivity index (χ4v) is 4.10. The van der Waals surface area contributed by atoms with Crippen molar-refractivity contribution in [2.75, 3.05) is 6.54 Å². The SMILES string of the molecule is C=Cc1cc(Cl)nc(C[C@@]2(C(=O)OC(C)(C)C)CCN(C(=O)OC(C)(C)C)[C@H](C)C2)c1F. The van der Waals surface area contributed by atoms with Crippen LogP contribution in [0.15, 0.2) is 12.6 Å². The summed E-state index contributed by atoms with van der Waals surface area (Å²) in [6.07, 6.45) is 1.48. The van der Waals surface area contributed by atoms with E-state index in [1.54, 1.807) is 46.4 Å². The maximum absolute atomic E-state index is 15.0. The number of likely N-dealkylation sites (tertiary alicyclic amines) is 1. The Labute approximate surface area is 195 Å². The molecule has 1 saturated heterocycles. The molecule has 1 aromatic heterocycles. The lowest BCUT2D eigenvalue weighted by Crippen LogP contribution is -2.54. The van der Waals surface area contributed by atoms with Crippen molar-refractivity contribution in [3.63, 3.8) is 0 Å². The zero-order chi connectivity index (χ0) is 24.5. The molecule has 1 aliphatic rings. The molecule has 0 N–H and O–H groups in total. The van der Waals surface area contributed by atoms with Crippen molar-refractivity contribution >= 4 is 29.7 Å². The molecule has 2 heterocycles. The molecule has 1 fully saturated rings. The smallest absolute Gasteiger partial charge is 0.410 e. The van der Waals surface area contributed by atoms with Gasteiger partial charge in [-0.15, -0.1) is 0 Å². The van der Waals surface area contributed by atoms with Gasteiger partial charge in [0.2, 0.25) is 0 Å². The van der Waals surface area contributed by atoms with Gasteiger partial charge in [-0.3, -0.25) is 4.79 Å². The van der Waals surface area contributed by atoms with Crippen LogP contribution >= 0.6 is 11.6 Å². The number of amides is 1. The van der Waals surface area contributed by atoms with E-state index in [9.17, 15) is 9.59 Å². The van der Waals surface area contributed by atoms with Crippen LogP contribution in [0, 0.1) is 11.2 Å². The summed E-state index contributed by atoms with van der Waals surface area (Å²) in [6, 6.07) is 1.06. The lowest BCUT2D eigenvalue weighted by molar-refractivity contribution is -0.172. The van der Waals surface area contributed by atoms with Gasteiger partial charge >= 0.3 is 12.1 Å². The van der Waals surface area contributed by atoms with Crippen LogP contribution in [0.4, 0.5) is 9.18 Å². The van der Waals surface area contributed by atoms with Crippen LogP contribution in [0.1, 0.15) is 72.6 Å². The lowest BCUT2D eigenvalue weighted by atomic mass is 9.72. The van der Waals surface area contributed by atoms with E-state index in [1.807, 2.05) is 6.92 Å². The van der Waals surface area contributed by atoms with Crippen LogP contribution in [0.2, 0.25) is 5.15 Å². The topological polar surface area (TPSA) is 68.7 Å². The van der Waals surface area contributed by atoms with Gasteiger partial charge in [-0.2, -0.15) is 0 Å². The molecule has 32 heavy (non-hydrogen) atoms. The van der Waals surface area contributed by atoms with E-state index in [0.717, 1.165) is 0 Å². The van der Waals surface area contributed by atoms with Gasteiger partial charge in [-0.1, -0.05) is 24.3 Å². The molecule has 178 valence electrons. The summed E-state index contributed by atoms with van der Waals surface area (Å²) in [4.78, 5) is 31.8. The highest BCUT2D eigenvalue weighted by Crippen LogP contribution is 2.41. The molecule has 8 heteroatoms. The molecule has 1 amide bonds. The van der Waals surface area contributed by atoms with Crippen LogP contribution in [0.25, 0.3) is 6.08 Å². The second-order valence-corrected chi connectivity index (χ2v) is 10.8. The van der Waals surface area contributed by atoms with Crippen molar-refractivity contribution in [3.8, 4) is 0 Å². The number of aromatic nitrogens is 1. The van der Waals surface area contributed by atoms with Crippen LogP contribution in [0.5, 0.6) is 0 Å². The van der Waals surface area contributed by atoms with Gasteiger partial charge in [0, 0.05) is 24.6 Å². The maximum Gasteiger partial charge on any atom is 0.410 e. The minimum Gasteiger partial charge on any atom is -0.460 e. The second kappa shape index (κ2) is 9.38. The van der Waals surface area contributed by atoms with Gasteiger partial charge in [-0.25, -0.2) is 14.2 Å². The summed E-state index contributed by atoms with van der Waals surface area (Å²) in [7, 11) is 0. The summed E-state index contributed by atoms with van der Waals surface area (Å²) >= 11 is 6.09. The molecule has 0 spiro atoms. The van der Waals surface area contributed by atoms with E-state index in [4.69, 9.17) is 21.1 Å². The fourth-order valence-electron chi connectivity index (χ4n) is 3.88. The first kappa shape index (κ1) is 26.1. The summed E-state index contributed by atoms with van der Waals surface area (Å²) in [5, 5.41) is 0.120. The van der Waals surface area contributed by atoms with E-state index in [0.29, 0.717) is 0 Å². The Morgan fingerprint density at radius 2 is 1.88 bits per heavy atom. The predicted octanol–water partition coefficient (Wildman–Crippen LogP) is 5.81. The van der Waals surface area contributed by atoms with Crippen molar-refractivity contribution in [2.24, 2.45) is 5.41 Å². The highest BCUT2D eigenvalue weighted by Gasteiger charge is 2.49. The van der Waals surface area contributed by atoms with E-state index in [-0.39, 0.29) is 48.3 Å². The fraction of sp³-hybridized carbons (Fsp3) is 0.625. The standard InChI is InChI=1S/C24H34ClFN2O4/c1-9-16-12-18(25)27-17(19(16)26)14-24(20(29)31-22(3,4)5)10-11-28(15(2)13-24)21(30)32-23(6,7)8/h9,12,15H,1,10-11,13-14H2,2-8H3/t15-,24-/m1/s1. The second-order valence-electron chi connectivity index (χ2n) is 10.4. The molecule has 2 rings (SSSR count). The molecule has 1 aliphatic heterocycles. The van der Waals surface area contributed by atoms with Crippen LogP contribution in [-0.2, 0) is 20.7 Å². The number of hydrogen-bond donors (Lipinski definition) is 0. The van der Waals surface area contributed by atoms with Gasteiger partial charge in [0.1, 0.15) is 16.4 Å². The Balaban J connectivity index is 2.41. The van der Waals surface area contributed by atoms with Crippen molar-refractivity contribution in [1.82, 2.24) is 9.88 Å². The number of piperidine rings is 1. The molecule has 0 aliphatic carbocycles. The van der Waals surface area contributed by atoms with Crippen LogP contribution in [-0.4, -0.2) is 45.7 Å². The van der Waals surface area contributed by atoms with Gasteiger partial charge in [0.15, 0.2) is 5.82 Å². The first-order chi connectivity index (χ1) is 14.6. The maximum atomic E-state index is 15.0. The Hall–Kier alpha value is -2.15. The number of pyridine rings is 1. The highest BCUT2D eigenvalue weighted by atomic mass is 35.5. The lowest BCUT2D eigenvalue weighted by Gasteiger charge is -2.44. The first-order valence-corrected chi connectivity index (χ1v) is 11.2. The molecule has 0 saturated carbocycles. The molecule has 0 bridgehead atoms. The monoisotopic (exact) mass is 468 g/mol. The normalized spacial score (nSPS) is 21.8. The van der Waals surface area contributed by atoms with Crippen molar-refractivity contribution in [2.45, 2.75) is 85.0 Å². The molecule has 0 aromatic carbocycles. The van der Waals surface area contributed by atoms with E-state index in [1.165, 1.54) is 12.1 Å². The van der Waals surface area contributed by atoms with E-state index in [2.05, 4.69) is 11.6 Å². The Bertz CT molecular complexity index is 891. The third-order valence-electron chi connectivity index (χ3n) is 5.26. The van der Waals surface area contributed by atoms with Gasteiger partial charge in [0.25, 0.3) is 0 Å². The van der Waals surface area contributed by atoms with Gasteiger partial charge in [-0.05, 0) is 67.4 Å². The Kier molecular flexibility index (Phi) is 7.65. The number of carbonyl (C=O) groups is 2. The van der Waals surface area contributed by atoms with Crippen molar-refractivity contribution in [3.05, 3.63) is 34.9 Å². The third kappa shape index (κ3) is 6.44. The van der Waals surface area contributed by atoms with Gasteiger partial charge < -0.3 is 14.4 Å². The summed E-state index contributed by atoms with van der Waals surface area (Å²) in [6.45, 7) is 16.5. The largest absolute Gasteiger partial charge is 0.460 e. The van der Waals surface area contributed by atoms with E-state index < -0.39 is 34.5 Å². The highest BCUT2D eigenvalue weighted by molar-refractivity contribution is 6.29. The minimum absolute atomic E-state index is 0.00163. The first-order valence-electron chi connectivity index (χ1n) is 10.8. The number of rotatable bonds is 4.